The Hall–Kier alpha value is -2.84. The summed E-state index contributed by atoms with van der Waals surface area (Å²) in [5.74, 6) is 0.750. The van der Waals surface area contributed by atoms with Gasteiger partial charge in [0, 0.05) is 30.5 Å². The third-order valence-corrected chi connectivity index (χ3v) is 6.48. The molecule has 33 heavy (non-hydrogen) atoms. The topological polar surface area (TPSA) is 71.3 Å². The van der Waals surface area contributed by atoms with Crippen molar-refractivity contribution in [2.45, 2.75) is 63.4 Å². The highest BCUT2D eigenvalue weighted by Gasteiger charge is 2.29. The summed E-state index contributed by atoms with van der Waals surface area (Å²) < 4.78 is 33.0. The molecule has 1 saturated carbocycles. The quantitative estimate of drug-likeness (QED) is 0.513. The van der Waals surface area contributed by atoms with E-state index >= 15 is 0 Å². The molecule has 1 atom stereocenters. The number of rotatable bonds is 6. The molecule has 5 rings (SSSR count). The van der Waals surface area contributed by atoms with Crippen molar-refractivity contribution < 1.29 is 18.6 Å². The molecule has 1 aromatic carbocycles. The van der Waals surface area contributed by atoms with Gasteiger partial charge in [0.2, 0.25) is 5.88 Å². The largest absolute Gasteiger partial charge is 0.481 e. The molecule has 2 fully saturated rings. The molecule has 8 heteroatoms. The fourth-order valence-corrected chi connectivity index (χ4v) is 4.74. The monoisotopic (exact) mass is 452 g/mol. The SMILES string of the molecule is COc1ccnc(-c2c(-c3ccc(F)cc3)ncn2C2CCC(OC3CCCCO3)CC2)n1. The van der Waals surface area contributed by atoms with Gasteiger partial charge in [-0.2, -0.15) is 4.98 Å². The summed E-state index contributed by atoms with van der Waals surface area (Å²) in [5, 5.41) is 0. The van der Waals surface area contributed by atoms with Crippen molar-refractivity contribution in [3.05, 3.63) is 48.7 Å². The lowest BCUT2D eigenvalue weighted by Gasteiger charge is -2.33. The van der Waals surface area contributed by atoms with Gasteiger partial charge >= 0.3 is 0 Å². The van der Waals surface area contributed by atoms with Crippen molar-refractivity contribution in [2.75, 3.05) is 13.7 Å². The molecule has 0 spiro atoms. The number of hydrogen-bond donors (Lipinski definition) is 0. The molecule has 174 valence electrons. The first kappa shape index (κ1) is 22.0. The Kier molecular flexibility index (Phi) is 6.64. The van der Waals surface area contributed by atoms with E-state index < -0.39 is 0 Å². The van der Waals surface area contributed by atoms with Crippen molar-refractivity contribution in [1.82, 2.24) is 19.5 Å². The van der Waals surface area contributed by atoms with E-state index in [-0.39, 0.29) is 24.3 Å². The Morgan fingerprint density at radius 1 is 1.00 bits per heavy atom. The second kappa shape index (κ2) is 9.97. The minimum Gasteiger partial charge on any atom is -0.481 e. The van der Waals surface area contributed by atoms with Gasteiger partial charge in [-0.05, 0) is 69.2 Å². The molecule has 7 nitrogen and oxygen atoms in total. The number of benzene rings is 1. The summed E-state index contributed by atoms with van der Waals surface area (Å²) in [6.07, 6.45) is 10.8. The summed E-state index contributed by atoms with van der Waals surface area (Å²) in [6, 6.07) is 8.34. The Balaban J connectivity index is 1.41. The van der Waals surface area contributed by atoms with Gasteiger partial charge in [0.15, 0.2) is 12.1 Å². The summed E-state index contributed by atoms with van der Waals surface area (Å²) in [5.41, 5.74) is 2.38. The third kappa shape index (κ3) is 4.91. The lowest BCUT2D eigenvalue weighted by Crippen LogP contribution is -2.31. The highest BCUT2D eigenvalue weighted by Crippen LogP contribution is 2.38. The molecule has 1 saturated heterocycles. The second-order valence-electron chi connectivity index (χ2n) is 8.64. The van der Waals surface area contributed by atoms with E-state index in [2.05, 4.69) is 14.5 Å². The van der Waals surface area contributed by atoms with Crippen LogP contribution in [0.2, 0.25) is 0 Å². The maximum absolute atomic E-state index is 13.5. The molecule has 1 aliphatic carbocycles. The number of hydrogen-bond acceptors (Lipinski definition) is 6. The van der Waals surface area contributed by atoms with Gasteiger partial charge in [0.05, 0.1) is 25.2 Å². The maximum atomic E-state index is 13.5. The van der Waals surface area contributed by atoms with Gasteiger partial charge in [0.25, 0.3) is 0 Å². The number of imidazole rings is 1. The van der Waals surface area contributed by atoms with Crippen LogP contribution in [0.15, 0.2) is 42.9 Å². The fraction of sp³-hybridized carbons (Fsp3) is 0.480. The van der Waals surface area contributed by atoms with E-state index in [1.165, 1.54) is 18.6 Å². The Morgan fingerprint density at radius 2 is 1.82 bits per heavy atom. The molecule has 2 aliphatic rings. The van der Waals surface area contributed by atoms with Crippen molar-refractivity contribution >= 4 is 0 Å². The summed E-state index contributed by atoms with van der Waals surface area (Å²) in [7, 11) is 1.58. The Labute approximate surface area is 192 Å². The summed E-state index contributed by atoms with van der Waals surface area (Å²) in [4.78, 5) is 13.8. The van der Waals surface area contributed by atoms with E-state index in [0.717, 1.165) is 62.1 Å². The molecule has 3 heterocycles. The van der Waals surface area contributed by atoms with Gasteiger partial charge in [0.1, 0.15) is 11.5 Å². The molecule has 0 N–H and O–H groups in total. The predicted octanol–water partition coefficient (Wildman–Crippen LogP) is 5.18. The van der Waals surface area contributed by atoms with E-state index in [0.29, 0.717) is 11.7 Å². The normalized spacial score (nSPS) is 23.4. The summed E-state index contributed by atoms with van der Waals surface area (Å²) in [6.45, 7) is 0.797. The number of methoxy groups -OCH3 is 1. The van der Waals surface area contributed by atoms with Gasteiger partial charge in [-0.3, -0.25) is 0 Å². The van der Waals surface area contributed by atoms with E-state index in [1.807, 2.05) is 6.33 Å². The van der Waals surface area contributed by atoms with E-state index in [9.17, 15) is 4.39 Å². The lowest BCUT2D eigenvalue weighted by molar-refractivity contribution is -0.194. The predicted molar refractivity (Wildman–Crippen MR) is 121 cm³/mol. The maximum Gasteiger partial charge on any atom is 0.216 e. The second-order valence-corrected chi connectivity index (χ2v) is 8.64. The van der Waals surface area contributed by atoms with Crippen LogP contribution in [-0.4, -0.2) is 45.6 Å². The van der Waals surface area contributed by atoms with Crippen LogP contribution in [0.25, 0.3) is 22.8 Å². The van der Waals surface area contributed by atoms with E-state index in [1.54, 1.807) is 31.5 Å². The molecule has 0 radical (unpaired) electrons. The van der Waals surface area contributed by atoms with Gasteiger partial charge in [-0.15, -0.1) is 0 Å². The molecule has 1 aliphatic heterocycles. The number of halogens is 1. The molecule has 3 aromatic rings. The van der Waals surface area contributed by atoms with Crippen molar-refractivity contribution in [1.29, 1.82) is 0 Å². The highest BCUT2D eigenvalue weighted by atomic mass is 19.1. The average molecular weight is 453 g/mol. The van der Waals surface area contributed by atoms with Gasteiger partial charge in [-0.25, -0.2) is 14.4 Å². The van der Waals surface area contributed by atoms with Crippen LogP contribution < -0.4 is 4.74 Å². The molecule has 1 unspecified atom stereocenters. The molecular weight excluding hydrogens is 423 g/mol. The van der Waals surface area contributed by atoms with Crippen LogP contribution in [0.3, 0.4) is 0 Å². The molecular formula is C25H29FN4O3. The molecule has 0 bridgehead atoms. The van der Waals surface area contributed by atoms with Crippen LogP contribution in [0.5, 0.6) is 5.88 Å². The molecule has 2 aromatic heterocycles. The van der Waals surface area contributed by atoms with Crippen LogP contribution in [0.4, 0.5) is 4.39 Å². The first-order chi connectivity index (χ1) is 16.2. The fourth-order valence-electron chi connectivity index (χ4n) is 4.74. The Morgan fingerprint density at radius 3 is 2.55 bits per heavy atom. The number of nitrogens with zero attached hydrogens (tertiary/aromatic N) is 4. The first-order valence-electron chi connectivity index (χ1n) is 11.7. The minimum atomic E-state index is -0.280. The zero-order valence-electron chi connectivity index (χ0n) is 18.8. The molecule has 0 amide bonds. The van der Waals surface area contributed by atoms with Crippen molar-refractivity contribution in [3.63, 3.8) is 0 Å². The Bertz CT molecular complexity index is 1060. The van der Waals surface area contributed by atoms with Crippen LogP contribution in [0, 0.1) is 5.82 Å². The third-order valence-electron chi connectivity index (χ3n) is 6.48. The van der Waals surface area contributed by atoms with Crippen molar-refractivity contribution in [3.8, 4) is 28.7 Å². The lowest BCUT2D eigenvalue weighted by atomic mass is 9.92. The van der Waals surface area contributed by atoms with Crippen molar-refractivity contribution in [2.24, 2.45) is 0 Å². The zero-order chi connectivity index (χ0) is 22.6. The van der Waals surface area contributed by atoms with Crippen LogP contribution >= 0.6 is 0 Å². The standard InChI is InChI=1S/C25H29FN4O3/c1-31-21-13-14-27-25(29-21)24-23(17-5-7-18(26)8-6-17)28-16-30(24)19-9-11-20(12-10-19)33-22-4-2-3-15-32-22/h5-8,13-14,16,19-20,22H,2-4,9-12,15H2,1H3. The van der Waals surface area contributed by atoms with Gasteiger partial charge in [-0.1, -0.05) is 0 Å². The number of ether oxygens (including phenoxy) is 3. The average Bonchev–Trinajstić information content (AvgIpc) is 3.31. The number of aromatic nitrogens is 4. The highest BCUT2D eigenvalue weighted by molar-refractivity contribution is 5.75. The zero-order valence-corrected chi connectivity index (χ0v) is 18.8. The van der Waals surface area contributed by atoms with Gasteiger partial charge < -0.3 is 18.8 Å². The van der Waals surface area contributed by atoms with E-state index in [4.69, 9.17) is 19.2 Å². The summed E-state index contributed by atoms with van der Waals surface area (Å²) >= 11 is 0. The smallest absolute Gasteiger partial charge is 0.216 e. The minimum absolute atomic E-state index is 0.0561. The first-order valence-corrected chi connectivity index (χ1v) is 11.7. The van der Waals surface area contributed by atoms with Crippen LogP contribution in [-0.2, 0) is 9.47 Å². The van der Waals surface area contributed by atoms with Crippen LogP contribution in [0.1, 0.15) is 51.0 Å².